The topological polar surface area (TPSA) is 98.5 Å². The number of anilines is 1. The van der Waals surface area contributed by atoms with E-state index in [2.05, 4.69) is 5.32 Å². The van der Waals surface area contributed by atoms with E-state index in [0.717, 1.165) is 0 Å². The number of rotatable bonds is 5. The van der Waals surface area contributed by atoms with Gasteiger partial charge < -0.3 is 10.1 Å². The lowest BCUT2D eigenvalue weighted by atomic mass is 10.1. The second kappa shape index (κ2) is 7.56. The molecular weight excluding hydrogens is 336 g/mol. The van der Waals surface area contributed by atoms with Crippen molar-refractivity contribution >= 4 is 34.9 Å². The van der Waals surface area contributed by atoms with Gasteiger partial charge in [-0.15, -0.1) is 0 Å². The van der Waals surface area contributed by atoms with Crippen LogP contribution in [0.5, 0.6) is 0 Å². The van der Waals surface area contributed by atoms with Gasteiger partial charge in [0.25, 0.3) is 11.6 Å². The Bertz CT molecular complexity index is 790. The molecule has 0 aliphatic carbocycles. The van der Waals surface area contributed by atoms with Crippen molar-refractivity contribution in [3.8, 4) is 0 Å². The number of esters is 1. The predicted octanol–water partition coefficient (Wildman–Crippen LogP) is 3.68. The number of hydrogen-bond donors (Lipinski definition) is 1. The average molecular weight is 349 g/mol. The Morgan fingerprint density at radius 1 is 1.21 bits per heavy atom. The minimum absolute atomic E-state index is 0.103. The van der Waals surface area contributed by atoms with E-state index < -0.39 is 16.8 Å². The van der Waals surface area contributed by atoms with Crippen LogP contribution < -0.4 is 5.32 Å². The summed E-state index contributed by atoms with van der Waals surface area (Å²) in [6.07, 6.45) is 0. The molecule has 24 heavy (non-hydrogen) atoms. The minimum Gasteiger partial charge on any atom is -0.462 e. The summed E-state index contributed by atoms with van der Waals surface area (Å²) in [4.78, 5) is 33.8. The molecule has 0 atom stereocenters. The first-order chi connectivity index (χ1) is 11.4. The number of carbonyl (C=O) groups is 2. The Morgan fingerprint density at radius 2 is 1.88 bits per heavy atom. The van der Waals surface area contributed by atoms with E-state index in [1.165, 1.54) is 42.5 Å². The first kappa shape index (κ1) is 17.4. The summed E-state index contributed by atoms with van der Waals surface area (Å²) in [5, 5.41) is 13.3. The maximum absolute atomic E-state index is 12.1. The molecule has 0 aliphatic heterocycles. The number of halogens is 1. The highest BCUT2D eigenvalue weighted by atomic mass is 35.5. The third kappa shape index (κ3) is 4.08. The van der Waals surface area contributed by atoms with E-state index in [4.69, 9.17) is 16.3 Å². The summed E-state index contributed by atoms with van der Waals surface area (Å²) in [6, 6.07) is 9.58. The van der Waals surface area contributed by atoms with Gasteiger partial charge in [-0.3, -0.25) is 14.9 Å². The summed E-state index contributed by atoms with van der Waals surface area (Å²) in [7, 11) is 0. The molecule has 2 rings (SSSR count). The molecule has 1 N–H and O–H groups in total. The van der Waals surface area contributed by atoms with Gasteiger partial charge in [-0.25, -0.2) is 4.79 Å². The number of nitrogens with zero attached hydrogens (tertiary/aromatic N) is 1. The molecule has 0 fully saturated rings. The summed E-state index contributed by atoms with van der Waals surface area (Å²) in [6.45, 7) is 1.92. The van der Waals surface area contributed by atoms with Gasteiger partial charge in [-0.05, 0) is 37.3 Å². The first-order valence-electron chi connectivity index (χ1n) is 6.95. The number of ether oxygens (including phenoxy) is 1. The fraction of sp³-hybridized carbons (Fsp3) is 0.125. The molecule has 2 aromatic carbocycles. The number of nitro benzene ring substituents is 1. The molecule has 8 heteroatoms. The molecule has 0 aliphatic rings. The van der Waals surface area contributed by atoms with Crippen molar-refractivity contribution in [1.82, 2.24) is 0 Å². The second-order valence-electron chi connectivity index (χ2n) is 4.67. The molecule has 7 nitrogen and oxygen atoms in total. The maximum Gasteiger partial charge on any atom is 0.339 e. The van der Waals surface area contributed by atoms with Crippen LogP contribution in [0.1, 0.15) is 27.6 Å². The standard InChI is InChI=1S/C16H13ClN2O5/c1-2-24-16(21)13-8-5-11(9-14(13)17)18-15(20)10-3-6-12(7-4-10)19(22)23/h3-9H,2H2,1H3,(H,18,20). The lowest BCUT2D eigenvalue weighted by molar-refractivity contribution is -0.384. The number of benzene rings is 2. The van der Waals surface area contributed by atoms with Crippen LogP contribution in [0.4, 0.5) is 11.4 Å². The zero-order chi connectivity index (χ0) is 17.7. The van der Waals surface area contributed by atoms with Crippen LogP contribution in [-0.4, -0.2) is 23.4 Å². The van der Waals surface area contributed by atoms with Crippen molar-refractivity contribution in [3.63, 3.8) is 0 Å². The molecule has 0 heterocycles. The van der Waals surface area contributed by atoms with E-state index in [0.29, 0.717) is 5.69 Å². The van der Waals surface area contributed by atoms with Crippen molar-refractivity contribution in [2.75, 3.05) is 11.9 Å². The van der Waals surface area contributed by atoms with Crippen LogP contribution in [0, 0.1) is 10.1 Å². The number of amides is 1. The van der Waals surface area contributed by atoms with Crippen molar-refractivity contribution < 1.29 is 19.2 Å². The molecule has 0 saturated heterocycles. The number of non-ortho nitro benzene ring substituents is 1. The zero-order valence-electron chi connectivity index (χ0n) is 12.6. The second-order valence-corrected chi connectivity index (χ2v) is 5.08. The Kier molecular flexibility index (Phi) is 5.49. The van der Waals surface area contributed by atoms with Crippen LogP contribution >= 0.6 is 11.6 Å². The summed E-state index contributed by atoms with van der Waals surface area (Å²) in [5.41, 5.74) is 0.739. The SMILES string of the molecule is CCOC(=O)c1ccc(NC(=O)c2ccc([N+](=O)[O-])cc2)cc1Cl. The fourth-order valence-electron chi connectivity index (χ4n) is 1.91. The van der Waals surface area contributed by atoms with Gasteiger partial charge in [-0.1, -0.05) is 11.6 Å². The van der Waals surface area contributed by atoms with Gasteiger partial charge in [-0.2, -0.15) is 0 Å². The van der Waals surface area contributed by atoms with Crippen LogP contribution in [0.3, 0.4) is 0 Å². The van der Waals surface area contributed by atoms with Gasteiger partial charge >= 0.3 is 5.97 Å². The van der Waals surface area contributed by atoms with E-state index in [9.17, 15) is 19.7 Å². The Balaban J connectivity index is 2.13. The summed E-state index contributed by atoms with van der Waals surface area (Å²) in [5.74, 6) is -0.999. The average Bonchev–Trinajstić information content (AvgIpc) is 2.55. The highest BCUT2D eigenvalue weighted by molar-refractivity contribution is 6.34. The number of hydrogen-bond acceptors (Lipinski definition) is 5. The van der Waals surface area contributed by atoms with Gasteiger partial charge in [0.2, 0.25) is 0 Å². The highest BCUT2D eigenvalue weighted by Gasteiger charge is 2.14. The maximum atomic E-state index is 12.1. The third-order valence-electron chi connectivity index (χ3n) is 3.06. The van der Waals surface area contributed by atoms with E-state index >= 15 is 0 Å². The molecular formula is C16H13ClN2O5. The molecule has 0 saturated carbocycles. The largest absolute Gasteiger partial charge is 0.462 e. The first-order valence-corrected chi connectivity index (χ1v) is 7.32. The van der Waals surface area contributed by atoms with Gasteiger partial charge in [0.05, 0.1) is 22.1 Å². The van der Waals surface area contributed by atoms with Gasteiger partial charge in [0.15, 0.2) is 0 Å². The van der Waals surface area contributed by atoms with E-state index in [-0.39, 0.29) is 28.4 Å². The summed E-state index contributed by atoms with van der Waals surface area (Å²) < 4.78 is 4.86. The van der Waals surface area contributed by atoms with Gasteiger partial charge in [0.1, 0.15) is 0 Å². The molecule has 0 radical (unpaired) electrons. The molecule has 1 amide bonds. The number of nitrogens with one attached hydrogen (secondary N) is 1. The van der Waals surface area contributed by atoms with Crippen molar-refractivity contribution in [2.24, 2.45) is 0 Å². The zero-order valence-corrected chi connectivity index (χ0v) is 13.4. The molecule has 0 bridgehead atoms. The quantitative estimate of drug-likeness (QED) is 0.505. The molecule has 124 valence electrons. The van der Waals surface area contributed by atoms with Gasteiger partial charge in [0, 0.05) is 23.4 Å². The molecule has 0 unspecified atom stereocenters. The highest BCUT2D eigenvalue weighted by Crippen LogP contribution is 2.22. The molecule has 0 spiro atoms. The Hall–Kier alpha value is -2.93. The van der Waals surface area contributed by atoms with Crippen LogP contribution in [0.15, 0.2) is 42.5 Å². The molecule has 2 aromatic rings. The Morgan fingerprint density at radius 3 is 2.42 bits per heavy atom. The van der Waals surface area contributed by atoms with Crippen molar-refractivity contribution in [1.29, 1.82) is 0 Å². The van der Waals surface area contributed by atoms with E-state index in [1.54, 1.807) is 6.92 Å². The van der Waals surface area contributed by atoms with E-state index in [1.807, 2.05) is 0 Å². The Labute approximate surface area is 142 Å². The summed E-state index contributed by atoms with van der Waals surface area (Å²) >= 11 is 6.02. The van der Waals surface area contributed by atoms with Crippen LogP contribution in [0.25, 0.3) is 0 Å². The van der Waals surface area contributed by atoms with Crippen molar-refractivity contribution in [2.45, 2.75) is 6.92 Å². The fourth-order valence-corrected chi connectivity index (χ4v) is 2.16. The lowest BCUT2D eigenvalue weighted by Gasteiger charge is -2.08. The van der Waals surface area contributed by atoms with Crippen LogP contribution in [-0.2, 0) is 4.74 Å². The third-order valence-corrected chi connectivity index (χ3v) is 3.38. The number of carbonyl (C=O) groups excluding carboxylic acids is 2. The molecule has 0 aromatic heterocycles. The minimum atomic E-state index is -0.546. The monoisotopic (exact) mass is 348 g/mol. The number of nitro groups is 1. The normalized spacial score (nSPS) is 10.1. The predicted molar refractivity (Wildman–Crippen MR) is 88.5 cm³/mol. The lowest BCUT2D eigenvalue weighted by Crippen LogP contribution is -2.12. The van der Waals surface area contributed by atoms with Crippen molar-refractivity contribution in [3.05, 3.63) is 68.7 Å². The smallest absolute Gasteiger partial charge is 0.339 e. The van der Waals surface area contributed by atoms with Crippen LogP contribution in [0.2, 0.25) is 5.02 Å².